The lowest BCUT2D eigenvalue weighted by Crippen LogP contribution is -2.24. The first kappa shape index (κ1) is 17.4. The highest BCUT2D eigenvalue weighted by atomic mass is 14.9. The van der Waals surface area contributed by atoms with Crippen LogP contribution in [-0.2, 0) is 0 Å². The molecule has 1 atom stereocenters. The molecule has 0 aliphatic heterocycles. The minimum Gasteiger partial charge on any atom is -0.403 e. The van der Waals surface area contributed by atoms with E-state index in [1.807, 2.05) is 36.4 Å². The maximum absolute atomic E-state index is 5.64. The number of nitrogens with one attached hydrogen (secondary N) is 2. The average Bonchev–Trinajstić information content (AvgIpc) is 2.56. The second-order valence-electron chi connectivity index (χ2n) is 5.00. The Bertz CT molecular complexity index is 529. The van der Waals surface area contributed by atoms with Gasteiger partial charge in [0.05, 0.1) is 6.54 Å². The molecular weight excluding hydrogens is 272 g/mol. The van der Waals surface area contributed by atoms with Crippen molar-refractivity contribution >= 4 is 11.4 Å². The third kappa shape index (κ3) is 5.79. The van der Waals surface area contributed by atoms with Gasteiger partial charge < -0.3 is 22.1 Å². The Morgan fingerprint density at radius 1 is 1.23 bits per heavy atom. The molecule has 118 valence electrons. The second kappa shape index (κ2) is 9.34. The summed E-state index contributed by atoms with van der Waals surface area (Å²) >= 11 is 0. The van der Waals surface area contributed by atoms with Gasteiger partial charge in [-0.05, 0) is 30.5 Å². The smallest absolute Gasteiger partial charge is 0.0560 e. The molecule has 22 heavy (non-hydrogen) atoms. The summed E-state index contributed by atoms with van der Waals surface area (Å²) in [7, 11) is 0. The van der Waals surface area contributed by atoms with Crippen LogP contribution in [0.3, 0.4) is 0 Å². The van der Waals surface area contributed by atoms with E-state index in [0.717, 1.165) is 29.8 Å². The fraction of sp³-hybridized carbons (Fsp3) is 0.222. The standard InChI is InChI=1S/C18H26N4/c1-4-6-7-17(5-2)22-14(3)15-8-10-18(11-9-15)21-13-16(20)12-19/h4-5,8-12,17,21-22H,1-3,6-7,13,19-20H2/b16-12-. The molecule has 0 aliphatic rings. The van der Waals surface area contributed by atoms with Crippen LogP contribution in [0.1, 0.15) is 18.4 Å². The minimum absolute atomic E-state index is 0.192. The number of anilines is 1. The molecule has 0 heterocycles. The first-order chi connectivity index (χ1) is 10.6. The van der Waals surface area contributed by atoms with Crippen LogP contribution < -0.4 is 22.1 Å². The molecule has 1 unspecified atom stereocenters. The van der Waals surface area contributed by atoms with Crippen LogP contribution in [-0.4, -0.2) is 12.6 Å². The quantitative estimate of drug-likeness (QED) is 0.501. The van der Waals surface area contributed by atoms with E-state index in [-0.39, 0.29) is 6.04 Å². The molecule has 0 spiro atoms. The predicted molar refractivity (Wildman–Crippen MR) is 97.0 cm³/mol. The van der Waals surface area contributed by atoms with Crippen molar-refractivity contribution < 1.29 is 0 Å². The van der Waals surface area contributed by atoms with Gasteiger partial charge in [-0.1, -0.05) is 30.9 Å². The van der Waals surface area contributed by atoms with Gasteiger partial charge in [0.2, 0.25) is 0 Å². The van der Waals surface area contributed by atoms with Crippen molar-refractivity contribution in [1.29, 1.82) is 0 Å². The van der Waals surface area contributed by atoms with Crippen molar-refractivity contribution in [2.24, 2.45) is 11.5 Å². The van der Waals surface area contributed by atoms with Crippen LogP contribution in [0, 0.1) is 0 Å². The molecule has 0 saturated heterocycles. The van der Waals surface area contributed by atoms with Crippen LogP contribution in [0.2, 0.25) is 0 Å². The third-order valence-electron chi connectivity index (χ3n) is 3.27. The number of hydrogen-bond acceptors (Lipinski definition) is 4. The second-order valence-corrected chi connectivity index (χ2v) is 5.00. The van der Waals surface area contributed by atoms with Crippen LogP contribution >= 0.6 is 0 Å². The molecule has 0 radical (unpaired) electrons. The van der Waals surface area contributed by atoms with E-state index in [9.17, 15) is 0 Å². The first-order valence-electron chi connectivity index (χ1n) is 7.30. The van der Waals surface area contributed by atoms with Gasteiger partial charge in [0.1, 0.15) is 0 Å². The van der Waals surface area contributed by atoms with Gasteiger partial charge in [0, 0.05) is 29.3 Å². The van der Waals surface area contributed by atoms with E-state index < -0.39 is 0 Å². The fourth-order valence-corrected chi connectivity index (χ4v) is 1.91. The van der Waals surface area contributed by atoms with E-state index in [1.165, 1.54) is 6.20 Å². The van der Waals surface area contributed by atoms with Gasteiger partial charge in [0.25, 0.3) is 0 Å². The third-order valence-corrected chi connectivity index (χ3v) is 3.27. The zero-order valence-corrected chi connectivity index (χ0v) is 13.0. The predicted octanol–water partition coefficient (Wildman–Crippen LogP) is 2.94. The van der Waals surface area contributed by atoms with Crippen LogP contribution in [0.5, 0.6) is 0 Å². The molecule has 1 aromatic carbocycles. The van der Waals surface area contributed by atoms with Gasteiger partial charge in [0.15, 0.2) is 0 Å². The highest BCUT2D eigenvalue weighted by molar-refractivity contribution is 5.64. The Kier molecular flexibility index (Phi) is 7.40. The molecule has 4 nitrogen and oxygen atoms in total. The van der Waals surface area contributed by atoms with E-state index in [1.54, 1.807) is 0 Å². The molecule has 6 N–H and O–H groups in total. The molecule has 0 fully saturated rings. The summed E-state index contributed by atoms with van der Waals surface area (Å²) < 4.78 is 0. The van der Waals surface area contributed by atoms with Crippen LogP contribution in [0.25, 0.3) is 5.70 Å². The maximum Gasteiger partial charge on any atom is 0.0560 e. The molecule has 4 heteroatoms. The Labute approximate surface area is 133 Å². The van der Waals surface area contributed by atoms with Crippen molar-refractivity contribution in [2.75, 3.05) is 11.9 Å². The van der Waals surface area contributed by atoms with E-state index in [0.29, 0.717) is 12.2 Å². The number of allylic oxidation sites excluding steroid dienone is 1. The van der Waals surface area contributed by atoms with Crippen LogP contribution in [0.4, 0.5) is 5.69 Å². The molecule has 1 aromatic rings. The SMILES string of the molecule is C=CCCC(C=C)NC(=C)c1ccc(NC/C(N)=C/N)cc1. The molecule has 0 bridgehead atoms. The number of nitrogens with two attached hydrogens (primary N) is 2. The molecule has 0 amide bonds. The lowest BCUT2D eigenvalue weighted by atomic mass is 10.1. The summed E-state index contributed by atoms with van der Waals surface area (Å²) in [6.07, 6.45) is 7.09. The Morgan fingerprint density at radius 2 is 1.91 bits per heavy atom. The Morgan fingerprint density at radius 3 is 2.45 bits per heavy atom. The summed E-state index contributed by atoms with van der Waals surface area (Å²) in [5.41, 5.74) is 14.5. The lowest BCUT2D eigenvalue weighted by Gasteiger charge is -2.18. The fourth-order valence-electron chi connectivity index (χ4n) is 1.91. The molecule has 0 aliphatic carbocycles. The summed E-state index contributed by atoms with van der Waals surface area (Å²) in [4.78, 5) is 0. The summed E-state index contributed by atoms with van der Waals surface area (Å²) in [6.45, 7) is 12.2. The average molecular weight is 298 g/mol. The van der Waals surface area contributed by atoms with Crippen molar-refractivity contribution in [3.05, 3.63) is 73.6 Å². The van der Waals surface area contributed by atoms with Gasteiger partial charge in [-0.25, -0.2) is 0 Å². The molecule has 0 aromatic heterocycles. The summed E-state index contributed by atoms with van der Waals surface area (Å²) in [6, 6.07) is 8.18. The zero-order chi connectivity index (χ0) is 16.4. The molecule has 0 saturated carbocycles. The summed E-state index contributed by atoms with van der Waals surface area (Å²) in [5, 5.41) is 6.56. The highest BCUT2D eigenvalue weighted by Crippen LogP contribution is 2.16. The molecular formula is C18H26N4. The van der Waals surface area contributed by atoms with Crippen molar-refractivity contribution in [1.82, 2.24) is 5.32 Å². The minimum atomic E-state index is 0.192. The molecule has 1 rings (SSSR count). The highest BCUT2D eigenvalue weighted by Gasteiger charge is 2.05. The number of hydrogen-bond donors (Lipinski definition) is 4. The van der Waals surface area contributed by atoms with Gasteiger partial charge >= 0.3 is 0 Å². The van der Waals surface area contributed by atoms with E-state index in [2.05, 4.69) is 30.4 Å². The largest absolute Gasteiger partial charge is 0.403 e. The van der Waals surface area contributed by atoms with E-state index in [4.69, 9.17) is 11.5 Å². The van der Waals surface area contributed by atoms with E-state index >= 15 is 0 Å². The first-order valence-corrected chi connectivity index (χ1v) is 7.30. The number of rotatable bonds is 10. The lowest BCUT2D eigenvalue weighted by molar-refractivity contribution is 0.659. The Hall–Kier alpha value is -2.62. The van der Waals surface area contributed by atoms with Crippen molar-refractivity contribution in [2.45, 2.75) is 18.9 Å². The van der Waals surface area contributed by atoms with Crippen molar-refractivity contribution in [3.63, 3.8) is 0 Å². The monoisotopic (exact) mass is 298 g/mol. The Balaban J connectivity index is 2.59. The summed E-state index contributed by atoms with van der Waals surface area (Å²) in [5.74, 6) is 0. The van der Waals surface area contributed by atoms with Gasteiger partial charge in [-0.2, -0.15) is 0 Å². The maximum atomic E-state index is 5.64. The van der Waals surface area contributed by atoms with Gasteiger partial charge in [-0.3, -0.25) is 0 Å². The zero-order valence-electron chi connectivity index (χ0n) is 13.0. The number of benzene rings is 1. The topological polar surface area (TPSA) is 76.1 Å². The van der Waals surface area contributed by atoms with Crippen LogP contribution in [0.15, 0.2) is 68.1 Å². The van der Waals surface area contributed by atoms with Crippen molar-refractivity contribution in [3.8, 4) is 0 Å². The van der Waals surface area contributed by atoms with Gasteiger partial charge in [-0.15, -0.1) is 13.2 Å². The normalized spacial score (nSPS) is 12.3.